The number of ether oxygens (including phenoxy) is 1. The summed E-state index contributed by atoms with van der Waals surface area (Å²) >= 11 is 3.53. The molecule has 0 bridgehead atoms. The fourth-order valence-corrected chi connectivity index (χ4v) is 7.06. The van der Waals surface area contributed by atoms with E-state index in [-0.39, 0.29) is 5.78 Å². The molecule has 0 amide bonds. The van der Waals surface area contributed by atoms with Crippen LogP contribution in [0.4, 0.5) is 0 Å². The standard InChI is InChI=1S/C27H30N2O2S2/c1-14-22(25(15(2)30)31-27(4,5)6)23(17-11-12-21-19(13-17)29-16(3)32-21)24-18-9-7-8-10-20(18)33-26(24)28-14/h11-13,25H,7-10H2,1-6H3/t25-/m1/s1. The van der Waals surface area contributed by atoms with E-state index in [9.17, 15) is 4.79 Å². The maximum absolute atomic E-state index is 13.0. The summed E-state index contributed by atoms with van der Waals surface area (Å²) in [6.07, 6.45) is 3.94. The molecule has 5 rings (SSSR count). The smallest absolute Gasteiger partial charge is 0.163 e. The molecule has 4 nitrogen and oxygen atoms in total. The Morgan fingerprint density at radius 3 is 2.58 bits per heavy atom. The van der Waals surface area contributed by atoms with E-state index in [1.807, 2.05) is 46.0 Å². The number of thiophene rings is 1. The highest BCUT2D eigenvalue weighted by Crippen LogP contribution is 2.46. The fraction of sp³-hybridized carbons (Fsp3) is 0.444. The van der Waals surface area contributed by atoms with Gasteiger partial charge in [0.1, 0.15) is 10.9 Å². The maximum atomic E-state index is 13.0. The molecule has 33 heavy (non-hydrogen) atoms. The van der Waals surface area contributed by atoms with Crippen LogP contribution in [0.5, 0.6) is 0 Å². The molecule has 0 unspecified atom stereocenters. The van der Waals surface area contributed by atoms with Crippen molar-refractivity contribution in [2.75, 3.05) is 0 Å². The van der Waals surface area contributed by atoms with Crippen molar-refractivity contribution in [3.05, 3.63) is 44.9 Å². The van der Waals surface area contributed by atoms with E-state index in [1.165, 1.54) is 33.4 Å². The molecule has 3 heterocycles. The Morgan fingerprint density at radius 1 is 1.09 bits per heavy atom. The Hall–Kier alpha value is -2.15. The average molecular weight is 479 g/mol. The Balaban J connectivity index is 1.87. The first kappa shape index (κ1) is 22.6. The van der Waals surface area contributed by atoms with Crippen molar-refractivity contribution in [1.29, 1.82) is 0 Å². The molecular weight excluding hydrogens is 448 g/mol. The minimum atomic E-state index is -0.663. The van der Waals surface area contributed by atoms with Crippen LogP contribution in [-0.2, 0) is 22.4 Å². The van der Waals surface area contributed by atoms with Gasteiger partial charge in [0.25, 0.3) is 0 Å². The van der Waals surface area contributed by atoms with Crippen molar-refractivity contribution in [3.8, 4) is 11.1 Å². The van der Waals surface area contributed by atoms with Crippen LogP contribution in [0.1, 0.15) is 73.3 Å². The number of aromatic nitrogens is 2. The molecule has 1 aromatic carbocycles. The summed E-state index contributed by atoms with van der Waals surface area (Å²) in [5.74, 6) is 0.00473. The van der Waals surface area contributed by atoms with Gasteiger partial charge in [0.15, 0.2) is 5.78 Å². The molecule has 1 aliphatic carbocycles. The van der Waals surface area contributed by atoms with Crippen molar-refractivity contribution in [2.24, 2.45) is 0 Å². The van der Waals surface area contributed by atoms with Gasteiger partial charge in [-0.3, -0.25) is 4.79 Å². The van der Waals surface area contributed by atoms with Crippen molar-refractivity contribution in [2.45, 2.75) is 78.9 Å². The lowest BCUT2D eigenvalue weighted by Crippen LogP contribution is -2.27. The number of carbonyl (C=O) groups is 1. The SMILES string of the molecule is CC(=O)[C@@H](OC(C)(C)C)c1c(C)nc2sc3c(c2c1-c1ccc2sc(C)nc2c1)CCCC3. The largest absolute Gasteiger partial charge is 0.360 e. The highest BCUT2D eigenvalue weighted by atomic mass is 32.1. The summed E-state index contributed by atoms with van der Waals surface area (Å²) in [7, 11) is 0. The summed E-state index contributed by atoms with van der Waals surface area (Å²) < 4.78 is 7.57. The predicted octanol–water partition coefficient (Wildman–Crippen LogP) is 7.51. The van der Waals surface area contributed by atoms with Crippen molar-refractivity contribution in [3.63, 3.8) is 0 Å². The second kappa shape index (κ2) is 8.26. The number of hydrogen-bond acceptors (Lipinski definition) is 6. The van der Waals surface area contributed by atoms with Crippen molar-refractivity contribution in [1.82, 2.24) is 9.97 Å². The van der Waals surface area contributed by atoms with Crippen molar-refractivity contribution >= 4 is 48.9 Å². The van der Waals surface area contributed by atoms with Crippen LogP contribution in [0.2, 0.25) is 0 Å². The summed E-state index contributed by atoms with van der Waals surface area (Å²) in [5.41, 5.74) is 5.93. The van der Waals surface area contributed by atoms with E-state index in [0.717, 1.165) is 50.6 Å². The Kier molecular flexibility index (Phi) is 5.66. The molecule has 0 spiro atoms. The van der Waals surface area contributed by atoms with Gasteiger partial charge in [-0.1, -0.05) is 6.07 Å². The zero-order valence-electron chi connectivity index (χ0n) is 20.2. The van der Waals surface area contributed by atoms with Gasteiger partial charge in [0.05, 0.1) is 20.8 Å². The van der Waals surface area contributed by atoms with E-state index >= 15 is 0 Å². The summed E-state index contributed by atoms with van der Waals surface area (Å²) in [6.45, 7) is 11.7. The third kappa shape index (κ3) is 4.13. The molecule has 0 fully saturated rings. The molecule has 0 saturated heterocycles. The number of benzene rings is 1. The number of carbonyl (C=O) groups excluding carboxylic acids is 1. The van der Waals surface area contributed by atoms with Gasteiger partial charge in [-0.2, -0.15) is 0 Å². The summed E-state index contributed by atoms with van der Waals surface area (Å²) in [5, 5.41) is 2.27. The predicted molar refractivity (Wildman–Crippen MR) is 139 cm³/mol. The number of ketones is 1. The van der Waals surface area contributed by atoms with Crippen molar-refractivity contribution < 1.29 is 9.53 Å². The first-order valence-corrected chi connectivity index (χ1v) is 13.3. The van der Waals surface area contributed by atoms with E-state index in [4.69, 9.17) is 14.7 Å². The van der Waals surface area contributed by atoms with Gasteiger partial charge >= 0.3 is 0 Å². The first-order valence-electron chi connectivity index (χ1n) is 11.6. The van der Waals surface area contributed by atoms with Crippen LogP contribution in [0, 0.1) is 13.8 Å². The first-order chi connectivity index (χ1) is 15.6. The summed E-state index contributed by atoms with van der Waals surface area (Å²) in [4.78, 5) is 25.3. The summed E-state index contributed by atoms with van der Waals surface area (Å²) in [6, 6.07) is 6.52. The topological polar surface area (TPSA) is 52.1 Å². The maximum Gasteiger partial charge on any atom is 0.163 e. The van der Waals surface area contributed by atoms with E-state index in [2.05, 4.69) is 18.2 Å². The molecule has 6 heteroatoms. The number of rotatable bonds is 4. The number of aryl methyl sites for hydroxylation is 4. The Morgan fingerprint density at radius 2 is 1.85 bits per heavy atom. The highest BCUT2D eigenvalue weighted by Gasteiger charge is 2.32. The lowest BCUT2D eigenvalue weighted by Gasteiger charge is -2.29. The van der Waals surface area contributed by atoms with Gasteiger partial charge in [-0.25, -0.2) is 9.97 Å². The molecule has 4 aromatic rings. The fourth-order valence-electron chi connectivity index (χ4n) is 4.93. The number of hydrogen-bond donors (Lipinski definition) is 0. The number of nitrogens with zero attached hydrogens (tertiary/aromatic N) is 2. The third-order valence-corrected chi connectivity index (χ3v) is 8.35. The van der Waals surface area contributed by atoms with Crippen LogP contribution in [0.3, 0.4) is 0 Å². The van der Waals surface area contributed by atoms with Crippen LogP contribution in [0.25, 0.3) is 31.6 Å². The Labute approximate surface area is 203 Å². The number of thiazole rings is 1. The van der Waals surface area contributed by atoms with E-state index < -0.39 is 11.7 Å². The monoisotopic (exact) mass is 478 g/mol. The Bertz CT molecular complexity index is 1390. The van der Waals surface area contributed by atoms with Crippen LogP contribution in [-0.4, -0.2) is 21.4 Å². The van der Waals surface area contributed by atoms with Crippen LogP contribution in [0.15, 0.2) is 18.2 Å². The highest BCUT2D eigenvalue weighted by molar-refractivity contribution is 7.19. The molecule has 0 saturated carbocycles. The second-order valence-electron chi connectivity index (χ2n) is 10.0. The number of Topliss-reactive ketones (excluding diaryl/α,β-unsaturated/α-hetero) is 1. The molecule has 172 valence electrons. The zero-order valence-corrected chi connectivity index (χ0v) is 21.8. The van der Waals surface area contributed by atoms with Gasteiger partial charge in [0, 0.05) is 27.1 Å². The third-order valence-electron chi connectivity index (χ3n) is 6.22. The van der Waals surface area contributed by atoms with Crippen LogP contribution >= 0.6 is 22.7 Å². The molecule has 0 radical (unpaired) electrons. The van der Waals surface area contributed by atoms with E-state index in [0.29, 0.717) is 0 Å². The lowest BCUT2D eigenvalue weighted by atomic mass is 9.87. The number of pyridine rings is 1. The minimum absolute atomic E-state index is 0.00473. The van der Waals surface area contributed by atoms with Crippen LogP contribution < -0.4 is 0 Å². The number of fused-ring (bicyclic) bond motifs is 4. The van der Waals surface area contributed by atoms with Gasteiger partial charge in [0.2, 0.25) is 0 Å². The minimum Gasteiger partial charge on any atom is -0.360 e. The molecule has 3 aromatic heterocycles. The van der Waals surface area contributed by atoms with Gasteiger partial charge in [-0.05, 0) is 90.5 Å². The molecule has 0 N–H and O–H groups in total. The normalized spacial score (nSPS) is 15.2. The van der Waals surface area contributed by atoms with Gasteiger partial charge in [-0.15, -0.1) is 22.7 Å². The quantitative estimate of drug-likeness (QED) is 0.304. The molecular formula is C27H30N2O2S2. The zero-order chi connectivity index (χ0) is 23.5. The average Bonchev–Trinajstić information content (AvgIpc) is 3.28. The lowest BCUT2D eigenvalue weighted by molar-refractivity contribution is -0.138. The van der Waals surface area contributed by atoms with Gasteiger partial charge < -0.3 is 4.74 Å². The molecule has 1 atom stereocenters. The molecule has 0 aliphatic heterocycles. The molecule has 1 aliphatic rings. The second-order valence-corrected chi connectivity index (χ2v) is 12.3. The van der Waals surface area contributed by atoms with E-state index in [1.54, 1.807) is 18.3 Å².